The summed E-state index contributed by atoms with van der Waals surface area (Å²) in [4.78, 5) is 28.7. The monoisotopic (exact) mass is 312 g/mol. The number of aryl methyl sites for hydroxylation is 1. The summed E-state index contributed by atoms with van der Waals surface area (Å²) in [7, 11) is 0. The van der Waals surface area contributed by atoms with E-state index in [0.717, 1.165) is 5.39 Å². The maximum atomic E-state index is 12.4. The number of anilines is 1. The topological polar surface area (TPSA) is 101 Å². The van der Waals surface area contributed by atoms with Crippen LogP contribution in [0.1, 0.15) is 41.5 Å². The first-order valence-electron chi connectivity index (χ1n) is 7.23. The number of carbonyl (C=O) groups is 1. The van der Waals surface area contributed by atoms with Crippen LogP contribution in [0.3, 0.4) is 0 Å². The van der Waals surface area contributed by atoms with Crippen LogP contribution in [0.4, 0.5) is 5.95 Å². The predicted octanol–water partition coefficient (Wildman–Crippen LogP) is 2.60. The number of aromatic amines is 1. The van der Waals surface area contributed by atoms with Crippen LogP contribution < -0.4 is 10.9 Å². The smallest absolute Gasteiger partial charge is 0.349 e. The van der Waals surface area contributed by atoms with Crippen LogP contribution in [-0.2, 0) is 0 Å². The lowest BCUT2D eigenvalue weighted by Gasteiger charge is -2.06. The molecule has 0 saturated carbocycles. The molecule has 0 aliphatic heterocycles. The van der Waals surface area contributed by atoms with Crippen LogP contribution in [-0.4, -0.2) is 21.1 Å². The molecule has 0 aliphatic carbocycles. The Balaban J connectivity index is 1.98. The van der Waals surface area contributed by atoms with E-state index in [-0.39, 0.29) is 17.4 Å². The van der Waals surface area contributed by atoms with E-state index < -0.39 is 11.5 Å². The quantitative estimate of drug-likeness (QED) is 0.724. The molecule has 0 unspecified atom stereocenters. The molecule has 2 heterocycles. The van der Waals surface area contributed by atoms with Gasteiger partial charge in [0.2, 0.25) is 5.95 Å². The second kappa shape index (κ2) is 5.68. The van der Waals surface area contributed by atoms with Crippen LogP contribution in [0.2, 0.25) is 0 Å². The molecule has 2 N–H and O–H groups in total. The Kier molecular flexibility index (Phi) is 3.69. The van der Waals surface area contributed by atoms with E-state index in [0.29, 0.717) is 17.0 Å². The first kappa shape index (κ1) is 15.0. The van der Waals surface area contributed by atoms with Crippen LogP contribution in [0, 0.1) is 6.92 Å². The lowest BCUT2D eigenvalue weighted by molar-refractivity contribution is 0.102. The van der Waals surface area contributed by atoms with Gasteiger partial charge in [-0.3, -0.25) is 15.2 Å². The summed E-state index contributed by atoms with van der Waals surface area (Å²) in [6.45, 7) is 5.62. The van der Waals surface area contributed by atoms with Gasteiger partial charge in [-0.05, 0) is 18.6 Å². The predicted molar refractivity (Wildman–Crippen MR) is 85.6 cm³/mol. The van der Waals surface area contributed by atoms with Gasteiger partial charge in [0.25, 0.3) is 5.91 Å². The lowest BCUT2D eigenvalue weighted by atomic mass is 10.1. The molecule has 1 amide bonds. The highest BCUT2D eigenvalue weighted by Gasteiger charge is 2.20. The van der Waals surface area contributed by atoms with E-state index in [1.165, 1.54) is 0 Å². The van der Waals surface area contributed by atoms with Crippen molar-refractivity contribution >= 4 is 22.8 Å². The number of rotatable bonds is 3. The summed E-state index contributed by atoms with van der Waals surface area (Å²) in [5.74, 6) is 0.352. The highest BCUT2D eigenvalue weighted by molar-refractivity contribution is 6.06. The largest absolute Gasteiger partial charge is 0.422 e. The Hall–Kier alpha value is -2.96. The molecule has 0 atom stereocenters. The molecule has 7 heteroatoms. The molecule has 0 spiro atoms. The highest BCUT2D eigenvalue weighted by Crippen LogP contribution is 2.19. The zero-order chi connectivity index (χ0) is 16.6. The summed E-state index contributed by atoms with van der Waals surface area (Å²) in [5.41, 5.74) is 0.290. The van der Waals surface area contributed by atoms with Gasteiger partial charge in [0, 0.05) is 11.3 Å². The molecular formula is C16H16N4O3. The van der Waals surface area contributed by atoms with E-state index in [1.54, 1.807) is 25.1 Å². The Morgan fingerprint density at radius 2 is 2.04 bits per heavy atom. The van der Waals surface area contributed by atoms with E-state index in [1.807, 2.05) is 19.9 Å². The maximum Gasteiger partial charge on any atom is 0.349 e. The van der Waals surface area contributed by atoms with Crippen molar-refractivity contribution < 1.29 is 9.21 Å². The normalized spacial score (nSPS) is 11.1. The average molecular weight is 312 g/mol. The number of nitrogens with zero attached hydrogens (tertiary/aromatic N) is 2. The summed E-state index contributed by atoms with van der Waals surface area (Å²) < 4.78 is 5.21. The molecule has 3 rings (SSSR count). The molecule has 0 fully saturated rings. The van der Waals surface area contributed by atoms with Gasteiger partial charge in [-0.2, -0.15) is 4.98 Å². The van der Waals surface area contributed by atoms with E-state index in [2.05, 4.69) is 20.5 Å². The fourth-order valence-electron chi connectivity index (χ4n) is 2.32. The fourth-order valence-corrected chi connectivity index (χ4v) is 2.32. The van der Waals surface area contributed by atoms with E-state index >= 15 is 0 Å². The van der Waals surface area contributed by atoms with Gasteiger partial charge in [0.15, 0.2) is 0 Å². The molecule has 7 nitrogen and oxygen atoms in total. The van der Waals surface area contributed by atoms with Crippen molar-refractivity contribution in [1.82, 2.24) is 15.2 Å². The Bertz CT molecular complexity index is 940. The number of carbonyl (C=O) groups excluding carboxylic acids is 1. The Morgan fingerprint density at radius 1 is 1.30 bits per heavy atom. The number of benzene rings is 1. The van der Waals surface area contributed by atoms with Gasteiger partial charge in [0.05, 0.1) is 0 Å². The minimum atomic E-state index is -0.682. The number of para-hydroxylation sites is 1. The van der Waals surface area contributed by atoms with E-state index in [4.69, 9.17) is 4.42 Å². The standard InChI is InChI=1S/C16H16N4O3/c1-8(2)13-17-16(20-19-13)18-14(21)12-9(3)10-6-4-5-7-11(10)23-15(12)22/h4-8H,1-3H3,(H2,17,18,19,20,21). The van der Waals surface area contributed by atoms with Gasteiger partial charge in [-0.15, -0.1) is 5.10 Å². The summed E-state index contributed by atoms with van der Waals surface area (Å²) in [6, 6.07) is 7.08. The number of hydrogen-bond donors (Lipinski definition) is 2. The number of fused-ring (bicyclic) bond motifs is 1. The molecule has 0 aliphatic rings. The van der Waals surface area contributed by atoms with Gasteiger partial charge in [-0.25, -0.2) is 4.79 Å². The summed E-state index contributed by atoms with van der Waals surface area (Å²) >= 11 is 0. The Morgan fingerprint density at radius 3 is 2.74 bits per heavy atom. The van der Waals surface area contributed by atoms with Gasteiger partial charge in [0.1, 0.15) is 17.0 Å². The number of amides is 1. The van der Waals surface area contributed by atoms with Crippen LogP contribution >= 0.6 is 0 Å². The second-order valence-corrected chi connectivity index (χ2v) is 5.54. The average Bonchev–Trinajstić information content (AvgIpc) is 2.96. The van der Waals surface area contributed by atoms with Crippen molar-refractivity contribution in [2.24, 2.45) is 0 Å². The number of nitrogens with one attached hydrogen (secondary N) is 2. The molecule has 2 aromatic heterocycles. The lowest BCUT2D eigenvalue weighted by Crippen LogP contribution is -2.23. The van der Waals surface area contributed by atoms with Crippen molar-refractivity contribution in [1.29, 1.82) is 0 Å². The zero-order valence-electron chi connectivity index (χ0n) is 13.0. The van der Waals surface area contributed by atoms with Crippen LogP contribution in [0.5, 0.6) is 0 Å². The Labute approximate surface area is 131 Å². The molecule has 23 heavy (non-hydrogen) atoms. The molecule has 3 aromatic rings. The minimum absolute atomic E-state index is 0.0420. The van der Waals surface area contributed by atoms with Gasteiger partial charge >= 0.3 is 5.63 Å². The first-order chi connectivity index (χ1) is 11.0. The van der Waals surface area contributed by atoms with Gasteiger partial charge < -0.3 is 4.42 Å². The van der Waals surface area contributed by atoms with E-state index in [9.17, 15) is 9.59 Å². The third kappa shape index (κ3) is 2.73. The van der Waals surface area contributed by atoms with Gasteiger partial charge in [-0.1, -0.05) is 32.0 Å². The van der Waals surface area contributed by atoms with Crippen molar-refractivity contribution in [2.45, 2.75) is 26.7 Å². The van der Waals surface area contributed by atoms with Crippen molar-refractivity contribution in [3.05, 3.63) is 51.6 Å². The number of hydrogen-bond acceptors (Lipinski definition) is 5. The fraction of sp³-hybridized carbons (Fsp3) is 0.250. The highest BCUT2D eigenvalue weighted by atomic mass is 16.4. The molecular weight excluding hydrogens is 296 g/mol. The van der Waals surface area contributed by atoms with Crippen molar-refractivity contribution in [3.63, 3.8) is 0 Å². The van der Waals surface area contributed by atoms with Crippen LogP contribution in [0.15, 0.2) is 33.5 Å². The second-order valence-electron chi connectivity index (χ2n) is 5.54. The maximum absolute atomic E-state index is 12.4. The molecule has 1 aromatic carbocycles. The summed E-state index contributed by atoms with van der Waals surface area (Å²) in [5, 5.41) is 9.91. The molecule has 0 bridgehead atoms. The summed E-state index contributed by atoms with van der Waals surface area (Å²) in [6.07, 6.45) is 0. The van der Waals surface area contributed by atoms with Crippen molar-refractivity contribution in [2.75, 3.05) is 5.32 Å². The third-order valence-electron chi connectivity index (χ3n) is 3.57. The molecule has 0 radical (unpaired) electrons. The molecule has 118 valence electrons. The minimum Gasteiger partial charge on any atom is -0.422 e. The van der Waals surface area contributed by atoms with Crippen LogP contribution in [0.25, 0.3) is 11.0 Å². The third-order valence-corrected chi connectivity index (χ3v) is 3.57. The number of H-pyrrole nitrogens is 1. The SMILES string of the molecule is Cc1c(C(=O)Nc2n[nH]c(C(C)C)n2)c(=O)oc2ccccc12. The zero-order valence-corrected chi connectivity index (χ0v) is 13.0. The van der Waals surface area contributed by atoms with Crippen molar-refractivity contribution in [3.8, 4) is 0 Å². The number of aromatic nitrogens is 3. The molecule has 0 saturated heterocycles. The first-order valence-corrected chi connectivity index (χ1v) is 7.23.